The number of aryl methyl sites for hydroxylation is 1. The third kappa shape index (κ3) is 3.17. The zero-order valence-electron chi connectivity index (χ0n) is 11.1. The fraction of sp³-hybridized carbons (Fsp3) is 0.643. The molecule has 1 aliphatic heterocycles. The van der Waals surface area contributed by atoms with E-state index in [1.54, 1.807) is 11.3 Å². The standard InChI is InChI=1S/C7H7NS.C7H15N/c1-2-4-7-6(3-1)8-5-9-7;1-7(2)5-4-6-8(7)3/h1,3,5H,2,4H2;4-6H2,1-3H3. The third-order valence-corrected chi connectivity index (χ3v) is 4.71. The maximum Gasteiger partial charge on any atom is 0.0801 e. The molecule has 0 bridgehead atoms. The Hall–Kier alpha value is -0.670. The molecule has 3 heteroatoms. The van der Waals surface area contributed by atoms with Gasteiger partial charge in [0.2, 0.25) is 0 Å². The van der Waals surface area contributed by atoms with Crippen LogP contribution in [0.15, 0.2) is 11.6 Å². The van der Waals surface area contributed by atoms with Gasteiger partial charge in [0.1, 0.15) is 0 Å². The molecule has 0 spiro atoms. The van der Waals surface area contributed by atoms with E-state index >= 15 is 0 Å². The number of allylic oxidation sites excluding steroid dienone is 1. The van der Waals surface area contributed by atoms with Crippen molar-refractivity contribution in [2.45, 2.75) is 45.1 Å². The summed E-state index contributed by atoms with van der Waals surface area (Å²) in [5.74, 6) is 0. The van der Waals surface area contributed by atoms with Gasteiger partial charge in [0.15, 0.2) is 0 Å². The molecule has 0 radical (unpaired) electrons. The van der Waals surface area contributed by atoms with Crippen LogP contribution in [0.2, 0.25) is 0 Å². The second-order valence-corrected chi connectivity index (χ2v) is 6.38. The number of aromatic nitrogens is 1. The van der Waals surface area contributed by atoms with E-state index in [-0.39, 0.29) is 0 Å². The smallest absolute Gasteiger partial charge is 0.0801 e. The molecule has 1 saturated heterocycles. The summed E-state index contributed by atoms with van der Waals surface area (Å²) >= 11 is 1.76. The molecule has 1 aliphatic carbocycles. The van der Waals surface area contributed by atoms with E-state index in [2.05, 4.69) is 42.9 Å². The van der Waals surface area contributed by atoms with Gasteiger partial charge in [0.05, 0.1) is 11.2 Å². The first-order valence-corrected chi connectivity index (χ1v) is 7.28. The van der Waals surface area contributed by atoms with E-state index in [0.29, 0.717) is 5.54 Å². The van der Waals surface area contributed by atoms with Gasteiger partial charge < -0.3 is 4.90 Å². The van der Waals surface area contributed by atoms with Crippen LogP contribution in [0, 0.1) is 0 Å². The molecule has 0 saturated carbocycles. The van der Waals surface area contributed by atoms with Crippen LogP contribution in [0.3, 0.4) is 0 Å². The van der Waals surface area contributed by atoms with Crippen molar-refractivity contribution in [1.29, 1.82) is 0 Å². The van der Waals surface area contributed by atoms with Crippen LogP contribution in [0.1, 0.15) is 43.7 Å². The Morgan fingerprint density at radius 2 is 2.24 bits per heavy atom. The van der Waals surface area contributed by atoms with Gasteiger partial charge in [-0.05, 0) is 59.2 Å². The Labute approximate surface area is 108 Å². The summed E-state index contributed by atoms with van der Waals surface area (Å²) in [5.41, 5.74) is 3.59. The van der Waals surface area contributed by atoms with Gasteiger partial charge in [-0.1, -0.05) is 6.08 Å². The highest BCUT2D eigenvalue weighted by Crippen LogP contribution is 2.25. The first kappa shape index (κ1) is 12.8. The zero-order valence-corrected chi connectivity index (χ0v) is 11.9. The number of nitrogens with zero attached hydrogens (tertiary/aromatic N) is 2. The van der Waals surface area contributed by atoms with Crippen molar-refractivity contribution in [3.8, 4) is 0 Å². The molecule has 1 aromatic rings. The summed E-state index contributed by atoms with van der Waals surface area (Å²) in [4.78, 5) is 8.05. The number of hydrogen-bond acceptors (Lipinski definition) is 3. The topological polar surface area (TPSA) is 16.1 Å². The lowest BCUT2D eigenvalue weighted by atomic mass is 10.0. The monoisotopic (exact) mass is 250 g/mol. The minimum Gasteiger partial charge on any atom is -0.301 e. The van der Waals surface area contributed by atoms with Crippen molar-refractivity contribution >= 4 is 17.4 Å². The average Bonchev–Trinajstić information content (AvgIpc) is 2.87. The number of thiazole rings is 1. The maximum atomic E-state index is 4.19. The lowest BCUT2D eigenvalue weighted by molar-refractivity contribution is 0.218. The summed E-state index contributed by atoms with van der Waals surface area (Å²) in [6.07, 6.45) is 9.41. The van der Waals surface area contributed by atoms with Gasteiger partial charge in [-0.3, -0.25) is 0 Å². The molecule has 0 N–H and O–H groups in total. The van der Waals surface area contributed by atoms with Crippen molar-refractivity contribution < 1.29 is 0 Å². The summed E-state index contributed by atoms with van der Waals surface area (Å²) in [6, 6.07) is 0. The highest BCUT2D eigenvalue weighted by atomic mass is 32.1. The second kappa shape index (κ2) is 5.32. The molecule has 2 heterocycles. The fourth-order valence-electron chi connectivity index (χ4n) is 2.25. The van der Waals surface area contributed by atoms with E-state index in [1.165, 1.54) is 42.8 Å². The molecular formula is C14H22N2S. The summed E-state index contributed by atoms with van der Waals surface area (Å²) in [5, 5.41) is 0. The molecule has 0 atom stereocenters. The summed E-state index contributed by atoms with van der Waals surface area (Å²) in [7, 11) is 2.20. The molecule has 2 nitrogen and oxygen atoms in total. The first-order valence-electron chi connectivity index (χ1n) is 6.40. The molecule has 2 aliphatic rings. The Balaban J connectivity index is 0.000000128. The van der Waals surface area contributed by atoms with Crippen LogP contribution in [0.5, 0.6) is 0 Å². The second-order valence-electron chi connectivity index (χ2n) is 5.44. The molecule has 0 amide bonds. The van der Waals surface area contributed by atoms with Crippen LogP contribution in [-0.2, 0) is 6.42 Å². The predicted molar refractivity (Wildman–Crippen MR) is 75.4 cm³/mol. The van der Waals surface area contributed by atoms with Crippen molar-refractivity contribution in [3.05, 3.63) is 22.2 Å². The average molecular weight is 250 g/mol. The predicted octanol–water partition coefficient (Wildman–Crippen LogP) is 3.59. The number of likely N-dealkylation sites (tertiary alicyclic amines) is 1. The minimum absolute atomic E-state index is 0.486. The van der Waals surface area contributed by atoms with E-state index in [4.69, 9.17) is 0 Å². The molecular weight excluding hydrogens is 228 g/mol. The highest BCUT2D eigenvalue weighted by Gasteiger charge is 2.27. The SMILES string of the molecule is C1=Cc2ncsc2CC1.CN1CCCC1(C)C. The molecule has 1 aromatic heterocycles. The van der Waals surface area contributed by atoms with Gasteiger partial charge in [-0.25, -0.2) is 4.98 Å². The quantitative estimate of drug-likeness (QED) is 0.699. The fourth-order valence-corrected chi connectivity index (χ4v) is 3.02. The van der Waals surface area contributed by atoms with E-state index < -0.39 is 0 Å². The Kier molecular flexibility index (Phi) is 4.00. The van der Waals surface area contributed by atoms with Crippen molar-refractivity contribution in [2.75, 3.05) is 13.6 Å². The van der Waals surface area contributed by atoms with Gasteiger partial charge in [0.25, 0.3) is 0 Å². The minimum atomic E-state index is 0.486. The van der Waals surface area contributed by atoms with E-state index in [0.717, 1.165) is 0 Å². The highest BCUT2D eigenvalue weighted by molar-refractivity contribution is 7.09. The van der Waals surface area contributed by atoms with E-state index in [1.807, 2.05) is 5.51 Å². The number of hydrogen-bond donors (Lipinski definition) is 0. The van der Waals surface area contributed by atoms with Crippen LogP contribution < -0.4 is 0 Å². The van der Waals surface area contributed by atoms with Gasteiger partial charge >= 0.3 is 0 Å². The number of fused-ring (bicyclic) bond motifs is 1. The zero-order chi connectivity index (χ0) is 12.3. The first-order chi connectivity index (χ1) is 8.09. The van der Waals surface area contributed by atoms with Crippen LogP contribution in [0.25, 0.3) is 6.08 Å². The summed E-state index contributed by atoms with van der Waals surface area (Å²) in [6.45, 7) is 5.90. The molecule has 3 rings (SSSR count). The van der Waals surface area contributed by atoms with Crippen LogP contribution in [0.4, 0.5) is 0 Å². The molecule has 1 fully saturated rings. The van der Waals surface area contributed by atoms with Gasteiger partial charge in [0, 0.05) is 10.4 Å². The Morgan fingerprint density at radius 3 is 2.76 bits per heavy atom. The largest absolute Gasteiger partial charge is 0.301 e. The molecule has 0 aromatic carbocycles. The third-order valence-electron chi connectivity index (χ3n) is 3.80. The Bertz CT molecular complexity index is 393. The van der Waals surface area contributed by atoms with Crippen LogP contribution in [-0.4, -0.2) is 29.0 Å². The summed E-state index contributed by atoms with van der Waals surface area (Å²) < 4.78 is 0. The van der Waals surface area contributed by atoms with Crippen LogP contribution >= 0.6 is 11.3 Å². The molecule has 17 heavy (non-hydrogen) atoms. The molecule has 0 unspecified atom stereocenters. The van der Waals surface area contributed by atoms with Gasteiger partial charge in [-0.15, -0.1) is 11.3 Å². The van der Waals surface area contributed by atoms with Crippen molar-refractivity contribution in [1.82, 2.24) is 9.88 Å². The Morgan fingerprint density at radius 1 is 1.41 bits per heavy atom. The number of rotatable bonds is 0. The van der Waals surface area contributed by atoms with Crippen molar-refractivity contribution in [3.63, 3.8) is 0 Å². The lowest BCUT2D eigenvalue weighted by Gasteiger charge is -2.26. The normalized spacial score (nSPS) is 21.8. The molecule has 94 valence electrons. The van der Waals surface area contributed by atoms with Crippen molar-refractivity contribution in [2.24, 2.45) is 0 Å². The van der Waals surface area contributed by atoms with Gasteiger partial charge in [-0.2, -0.15) is 0 Å². The lowest BCUT2D eigenvalue weighted by Crippen LogP contribution is -2.34. The maximum absolute atomic E-state index is 4.19. The van der Waals surface area contributed by atoms with E-state index in [9.17, 15) is 0 Å².